The summed E-state index contributed by atoms with van der Waals surface area (Å²) in [5.41, 5.74) is -1.16. The third-order valence-electron chi connectivity index (χ3n) is 3.06. The fourth-order valence-electron chi connectivity index (χ4n) is 1.82. The first-order valence-corrected chi connectivity index (χ1v) is 7.15. The molecule has 0 bridgehead atoms. The van der Waals surface area contributed by atoms with Gasteiger partial charge in [-0.25, -0.2) is 4.39 Å². The Morgan fingerprint density at radius 1 is 1.21 bits per heavy atom. The van der Waals surface area contributed by atoms with E-state index >= 15 is 0 Å². The van der Waals surface area contributed by atoms with Gasteiger partial charge in [0.2, 0.25) is 0 Å². The molecule has 0 aromatic heterocycles. The van der Waals surface area contributed by atoms with E-state index in [2.05, 4.69) is 5.32 Å². The minimum Gasteiger partial charge on any atom is -0.478 e. The third kappa shape index (κ3) is 4.38. The second-order valence-corrected chi connectivity index (χ2v) is 5.28. The molecular weight excluding hydrogens is 350 g/mol. The van der Waals surface area contributed by atoms with Gasteiger partial charge >= 0.3 is 6.18 Å². The van der Waals surface area contributed by atoms with Crippen molar-refractivity contribution >= 4 is 23.2 Å². The lowest BCUT2D eigenvalue weighted by Crippen LogP contribution is -2.30. The van der Waals surface area contributed by atoms with Crippen LogP contribution in [-0.4, -0.2) is 12.0 Å². The maximum absolute atomic E-state index is 13.5. The molecule has 1 N–H and O–H groups in total. The minimum atomic E-state index is -4.57. The van der Waals surface area contributed by atoms with Crippen LogP contribution in [0.5, 0.6) is 5.75 Å². The second kappa shape index (κ2) is 7.09. The van der Waals surface area contributed by atoms with Crippen LogP contribution in [0.25, 0.3) is 0 Å². The van der Waals surface area contributed by atoms with E-state index in [1.54, 1.807) is 0 Å². The van der Waals surface area contributed by atoms with Crippen LogP contribution < -0.4 is 10.1 Å². The Bertz CT molecular complexity index is 749. The van der Waals surface area contributed by atoms with Crippen molar-refractivity contribution in [1.82, 2.24) is 0 Å². The van der Waals surface area contributed by atoms with Crippen LogP contribution in [0.4, 0.5) is 23.2 Å². The predicted octanol–water partition coefficient (Wildman–Crippen LogP) is 4.90. The topological polar surface area (TPSA) is 38.3 Å². The fourth-order valence-corrected chi connectivity index (χ4v) is 1.98. The number of hydrogen-bond donors (Lipinski definition) is 1. The van der Waals surface area contributed by atoms with E-state index in [1.165, 1.54) is 25.1 Å². The maximum Gasteiger partial charge on any atom is 0.416 e. The van der Waals surface area contributed by atoms with Gasteiger partial charge in [0.15, 0.2) is 17.7 Å². The number of rotatable bonds is 4. The van der Waals surface area contributed by atoms with Gasteiger partial charge in [0.05, 0.1) is 16.3 Å². The number of carbonyl (C=O) groups excluding carboxylic acids is 1. The number of ether oxygens (including phenoxy) is 1. The molecule has 0 aliphatic carbocycles. The molecule has 1 amide bonds. The van der Waals surface area contributed by atoms with Gasteiger partial charge in [0.1, 0.15) is 0 Å². The van der Waals surface area contributed by atoms with Gasteiger partial charge in [-0.1, -0.05) is 23.7 Å². The van der Waals surface area contributed by atoms with Gasteiger partial charge in [-0.2, -0.15) is 13.2 Å². The van der Waals surface area contributed by atoms with Gasteiger partial charge in [-0.3, -0.25) is 4.79 Å². The quantitative estimate of drug-likeness (QED) is 0.786. The summed E-state index contributed by atoms with van der Waals surface area (Å²) in [7, 11) is 0. The van der Waals surface area contributed by atoms with Crippen molar-refractivity contribution in [2.75, 3.05) is 5.32 Å². The number of amides is 1. The summed E-state index contributed by atoms with van der Waals surface area (Å²) in [5.74, 6) is -1.57. The van der Waals surface area contributed by atoms with Crippen molar-refractivity contribution in [2.45, 2.75) is 19.2 Å². The van der Waals surface area contributed by atoms with E-state index in [4.69, 9.17) is 16.3 Å². The minimum absolute atomic E-state index is 0.0607. The lowest BCUT2D eigenvalue weighted by Gasteiger charge is -2.16. The van der Waals surface area contributed by atoms with Crippen molar-refractivity contribution in [2.24, 2.45) is 0 Å². The normalized spacial score (nSPS) is 12.6. The molecule has 0 aliphatic rings. The Morgan fingerprint density at radius 3 is 2.50 bits per heavy atom. The maximum atomic E-state index is 13.5. The molecule has 8 heteroatoms. The van der Waals surface area contributed by atoms with Crippen LogP contribution >= 0.6 is 11.6 Å². The molecule has 0 saturated carbocycles. The van der Waals surface area contributed by atoms with Crippen molar-refractivity contribution in [1.29, 1.82) is 0 Å². The van der Waals surface area contributed by atoms with Crippen molar-refractivity contribution in [3.8, 4) is 5.75 Å². The molecule has 0 fully saturated rings. The number of benzene rings is 2. The standard InChI is InChI=1S/C16H12ClF4NO2/c1-9(24-14-5-3-2-4-12(14)18)15(23)22-13-8-10(16(19,20)21)6-7-11(13)17/h2-9H,1H3,(H,22,23)/t9-/m0/s1. The molecule has 2 aromatic rings. The molecule has 0 spiro atoms. The van der Waals surface area contributed by atoms with E-state index in [0.29, 0.717) is 0 Å². The first-order chi connectivity index (χ1) is 11.2. The number of para-hydroxylation sites is 1. The highest BCUT2D eigenvalue weighted by Crippen LogP contribution is 2.33. The summed E-state index contributed by atoms with van der Waals surface area (Å²) in [4.78, 5) is 12.0. The number of hydrogen-bond acceptors (Lipinski definition) is 2. The van der Waals surface area contributed by atoms with Gasteiger partial charge in [0.25, 0.3) is 5.91 Å². The highest BCUT2D eigenvalue weighted by atomic mass is 35.5. The Morgan fingerprint density at radius 2 is 1.88 bits per heavy atom. The first-order valence-electron chi connectivity index (χ1n) is 6.77. The van der Waals surface area contributed by atoms with Gasteiger partial charge in [-0.15, -0.1) is 0 Å². The van der Waals surface area contributed by atoms with Crippen LogP contribution in [0.15, 0.2) is 42.5 Å². The van der Waals surface area contributed by atoms with E-state index in [1.807, 2.05) is 0 Å². The Kier molecular flexibility index (Phi) is 5.33. The number of carbonyl (C=O) groups is 1. The molecule has 0 radical (unpaired) electrons. The van der Waals surface area contributed by atoms with Crippen LogP contribution in [0, 0.1) is 5.82 Å². The average Bonchev–Trinajstić information content (AvgIpc) is 2.50. The molecule has 128 valence electrons. The van der Waals surface area contributed by atoms with Crippen molar-refractivity contribution in [3.05, 3.63) is 58.9 Å². The highest BCUT2D eigenvalue weighted by molar-refractivity contribution is 6.33. The monoisotopic (exact) mass is 361 g/mol. The van der Waals surface area contributed by atoms with Crippen LogP contribution in [0.2, 0.25) is 5.02 Å². The first kappa shape index (κ1) is 18.1. The SMILES string of the molecule is C[C@H](Oc1ccccc1F)C(=O)Nc1cc(C(F)(F)F)ccc1Cl. The Hall–Kier alpha value is -2.28. The summed E-state index contributed by atoms with van der Waals surface area (Å²) in [6, 6.07) is 8.01. The molecular formula is C16H12ClF4NO2. The highest BCUT2D eigenvalue weighted by Gasteiger charge is 2.31. The van der Waals surface area contributed by atoms with Gasteiger partial charge in [-0.05, 0) is 37.3 Å². The average molecular weight is 362 g/mol. The summed E-state index contributed by atoms with van der Waals surface area (Å²) in [5, 5.41) is 2.18. The van der Waals surface area contributed by atoms with E-state index < -0.39 is 29.6 Å². The molecule has 0 aliphatic heterocycles. The number of halogens is 5. The lowest BCUT2D eigenvalue weighted by atomic mass is 10.2. The molecule has 2 aromatic carbocycles. The molecule has 0 heterocycles. The molecule has 3 nitrogen and oxygen atoms in total. The van der Waals surface area contributed by atoms with E-state index in [9.17, 15) is 22.4 Å². The Balaban J connectivity index is 2.13. The Labute approximate surface area is 140 Å². The lowest BCUT2D eigenvalue weighted by molar-refractivity contribution is -0.137. The second-order valence-electron chi connectivity index (χ2n) is 4.87. The van der Waals surface area contributed by atoms with Gasteiger partial charge in [0, 0.05) is 0 Å². The van der Waals surface area contributed by atoms with Gasteiger partial charge < -0.3 is 10.1 Å². The molecule has 0 saturated heterocycles. The zero-order chi connectivity index (χ0) is 17.9. The summed E-state index contributed by atoms with van der Waals surface area (Å²) in [6.45, 7) is 1.34. The summed E-state index contributed by atoms with van der Waals surface area (Å²) >= 11 is 5.80. The predicted molar refractivity (Wildman–Crippen MR) is 81.6 cm³/mol. The van der Waals surface area contributed by atoms with E-state index in [-0.39, 0.29) is 16.5 Å². The fraction of sp³-hybridized carbons (Fsp3) is 0.188. The molecule has 1 atom stereocenters. The summed E-state index contributed by atoms with van der Waals surface area (Å²) in [6.07, 6.45) is -5.72. The zero-order valence-corrected chi connectivity index (χ0v) is 13.1. The molecule has 0 unspecified atom stereocenters. The molecule has 24 heavy (non-hydrogen) atoms. The van der Waals surface area contributed by atoms with E-state index in [0.717, 1.165) is 24.3 Å². The summed E-state index contributed by atoms with van der Waals surface area (Å²) < 4.78 is 56.8. The smallest absolute Gasteiger partial charge is 0.416 e. The number of anilines is 1. The van der Waals surface area contributed by atoms with Crippen LogP contribution in [-0.2, 0) is 11.0 Å². The largest absolute Gasteiger partial charge is 0.478 e. The zero-order valence-electron chi connectivity index (χ0n) is 12.3. The van der Waals surface area contributed by atoms with Crippen LogP contribution in [0.3, 0.4) is 0 Å². The third-order valence-corrected chi connectivity index (χ3v) is 3.39. The van der Waals surface area contributed by atoms with Crippen molar-refractivity contribution < 1.29 is 27.1 Å². The number of nitrogens with one attached hydrogen (secondary N) is 1. The number of alkyl halides is 3. The van der Waals surface area contributed by atoms with Crippen LogP contribution in [0.1, 0.15) is 12.5 Å². The molecule has 2 rings (SSSR count). The van der Waals surface area contributed by atoms with Crippen molar-refractivity contribution in [3.63, 3.8) is 0 Å².